The molecule has 0 saturated carbocycles. The molecule has 5 heteroatoms. The average molecular weight is 254 g/mol. The van der Waals surface area contributed by atoms with Gasteiger partial charge in [0.15, 0.2) is 0 Å². The van der Waals surface area contributed by atoms with E-state index < -0.39 is 11.7 Å². The zero-order valence-corrected chi connectivity index (χ0v) is 9.91. The fourth-order valence-corrected chi connectivity index (χ4v) is 2.32. The van der Waals surface area contributed by atoms with Gasteiger partial charge in [-0.15, -0.1) is 0 Å². The van der Waals surface area contributed by atoms with Crippen molar-refractivity contribution in [1.29, 1.82) is 5.26 Å². The van der Waals surface area contributed by atoms with Gasteiger partial charge in [0.2, 0.25) is 0 Å². The van der Waals surface area contributed by atoms with E-state index in [2.05, 4.69) is 6.07 Å². The summed E-state index contributed by atoms with van der Waals surface area (Å²) in [7, 11) is 0. The van der Waals surface area contributed by atoms with Crippen LogP contribution in [0.5, 0.6) is 0 Å². The van der Waals surface area contributed by atoms with Crippen molar-refractivity contribution in [2.75, 3.05) is 11.4 Å². The van der Waals surface area contributed by atoms with Gasteiger partial charge in [0.25, 0.3) is 0 Å². The Kier molecular flexibility index (Phi) is 3.20. The Morgan fingerprint density at radius 2 is 1.89 bits per heavy atom. The third-order valence-electron chi connectivity index (χ3n) is 3.45. The molecule has 2 atom stereocenters. The lowest BCUT2D eigenvalue weighted by molar-refractivity contribution is -0.137. The molecule has 1 saturated heterocycles. The molecule has 18 heavy (non-hydrogen) atoms. The molecule has 2 unspecified atom stereocenters. The minimum Gasteiger partial charge on any atom is -0.367 e. The van der Waals surface area contributed by atoms with Crippen LogP contribution >= 0.6 is 0 Å². The van der Waals surface area contributed by atoms with Crippen LogP contribution in [0.15, 0.2) is 24.3 Å². The minimum absolute atomic E-state index is 0.0479. The van der Waals surface area contributed by atoms with E-state index in [4.69, 9.17) is 5.26 Å². The van der Waals surface area contributed by atoms with Gasteiger partial charge in [0.05, 0.1) is 17.6 Å². The van der Waals surface area contributed by atoms with Crippen molar-refractivity contribution in [1.82, 2.24) is 0 Å². The number of hydrogen-bond donors (Lipinski definition) is 0. The van der Waals surface area contributed by atoms with Gasteiger partial charge in [-0.05, 0) is 37.6 Å². The lowest BCUT2D eigenvalue weighted by Gasteiger charge is -2.25. The summed E-state index contributed by atoms with van der Waals surface area (Å²) in [5.74, 6) is -0.0488. The van der Waals surface area contributed by atoms with Crippen molar-refractivity contribution >= 4 is 5.69 Å². The molecule has 1 aromatic rings. The van der Waals surface area contributed by atoms with Crippen LogP contribution in [0.3, 0.4) is 0 Å². The highest BCUT2D eigenvalue weighted by atomic mass is 19.4. The first-order valence-corrected chi connectivity index (χ1v) is 5.77. The van der Waals surface area contributed by atoms with Gasteiger partial charge in [-0.2, -0.15) is 18.4 Å². The summed E-state index contributed by atoms with van der Waals surface area (Å²) in [6.07, 6.45) is -3.54. The Bertz CT molecular complexity index is 459. The Balaban J connectivity index is 2.19. The molecule has 1 aliphatic rings. The van der Waals surface area contributed by atoms with Crippen LogP contribution in [-0.2, 0) is 6.18 Å². The molecule has 96 valence electrons. The molecule has 0 aromatic heterocycles. The normalized spacial score (nSPS) is 24.1. The highest BCUT2D eigenvalue weighted by Crippen LogP contribution is 2.33. The minimum atomic E-state index is -4.30. The number of nitrogens with zero attached hydrogens (tertiary/aromatic N) is 2. The largest absolute Gasteiger partial charge is 0.416 e. The zero-order chi connectivity index (χ0) is 13.3. The predicted octanol–water partition coefficient (Wildman–Crippen LogP) is 3.44. The monoisotopic (exact) mass is 254 g/mol. The Hall–Kier alpha value is -1.70. The molecule has 0 aliphatic carbocycles. The molecule has 0 N–H and O–H groups in total. The number of nitriles is 1. The van der Waals surface area contributed by atoms with Crippen LogP contribution in [0.1, 0.15) is 18.9 Å². The maximum absolute atomic E-state index is 12.4. The van der Waals surface area contributed by atoms with E-state index in [-0.39, 0.29) is 12.0 Å². The topological polar surface area (TPSA) is 27.0 Å². The third-order valence-corrected chi connectivity index (χ3v) is 3.45. The molecule has 1 heterocycles. The quantitative estimate of drug-likeness (QED) is 0.767. The van der Waals surface area contributed by atoms with Crippen LogP contribution < -0.4 is 4.90 Å². The summed E-state index contributed by atoms with van der Waals surface area (Å²) in [5, 5.41) is 8.93. The molecule has 1 aromatic carbocycles. The van der Waals surface area contributed by atoms with Crippen molar-refractivity contribution in [2.24, 2.45) is 5.92 Å². The van der Waals surface area contributed by atoms with Gasteiger partial charge in [-0.25, -0.2) is 0 Å². The number of halogens is 3. The number of benzene rings is 1. The van der Waals surface area contributed by atoms with Crippen molar-refractivity contribution in [2.45, 2.75) is 25.6 Å². The van der Waals surface area contributed by atoms with Crippen molar-refractivity contribution in [3.05, 3.63) is 29.8 Å². The van der Waals surface area contributed by atoms with E-state index in [9.17, 15) is 13.2 Å². The van der Waals surface area contributed by atoms with Crippen molar-refractivity contribution in [3.63, 3.8) is 0 Å². The van der Waals surface area contributed by atoms with Crippen LogP contribution in [-0.4, -0.2) is 12.6 Å². The summed E-state index contributed by atoms with van der Waals surface area (Å²) < 4.78 is 37.3. The molecule has 1 fully saturated rings. The summed E-state index contributed by atoms with van der Waals surface area (Å²) in [6.45, 7) is 2.64. The fourth-order valence-electron chi connectivity index (χ4n) is 2.32. The second-order valence-corrected chi connectivity index (χ2v) is 4.50. The van der Waals surface area contributed by atoms with Crippen LogP contribution in [0.4, 0.5) is 18.9 Å². The highest BCUT2D eigenvalue weighted by molar-refractivity contribution is 5.50. The lowest BCUT2D eigenvalue weighted by Crippen LogP contribution is -2.29. The maximum atomic E-state index is 12.4. The first kappa shape index (κ1) is 12.7. The molecular formula is C13H13F3N2. The van der Waals surface area contributed by atoms with E-state index in [0.717, 1.165) is 24.2 Å². The first-order chi connectivity index (χ1) is 8.43. The predicted molar refractivity (Wildman–Crippen MR) is 62.0 cm³/mol. The first-order valence-electron chi connectivity index (χ1n) is 5.77. The van der Waals surface area contributed by atoms with Crippen LogP contribution in [0.2, 0.25) is 0 Å². The summed E-state index contributed by atoms with van der Waals surface area (Å²) in [4.78, 5) is 1.98. The number of alkyl halides is 3. The second-order valence-electron chi connectivity index (χ2n) is 4.50. The molecule has 1 aliphatic heterocycles. The summed E-state index contributed by atoms with van der Waals surface area (Å²) in [6, 6.07) is 7.39. The second kappa shape index (κ2) is 4.52. The molecule has 0 amide bonds. The van der Waals surface area contributed by atoms with Crippen molar-refractivity contribution in [3.8, 4) is 6.07 Å². The van der Waals surface area contributed by atoms with E-state index in [0.29, 0.717) is 6.54 Å². The standard InChI is InChI=1S/C13H13F3N2/c1-9-10(8-17)6-7-18(9)12-4-2-11(3-5-12)13(14,15)16/h2-5,9-10H,6-7H2,1H3. The average Bonchev–Trinajstić information content (AvgIpc) is 2.69. The molecule has 0 bridgehead atoms. The van der Waals surface area contributed by atoms with Crippen LogP contribution in [0, 0.1) is 17.2 Å². The maximum Gasteiger partial charge on any atom is 0.416 e. The van der Waals surface area contributed by atoms with Gasteiger partial charge in [-0.3, -0.25) is 0 Å². The van der Waals surface area contributed by atoms with E-state index in [1.54, 1.807) is 0 Å². The molecule has 2 nitrogen and oxygen atoms in total. The Labute approximate surface area is 104 Å². The summed E-state index contributed by atoms with van der Waals surface area (Å²) >= 11 is 0. The van der Waals surface area contributed by atoms with Crippen molar-refractivity contribution < 1.29 is 13.2 Å². The molecule has 2 rings (SSSR count). The van der Waals surface area contributed by atoms with Gasteiger partial charge >= 0.3 is 6.18 Å². The number of rotatable bonds is 1. The Morgan fingerprint density at radius 1 is 1.28 bits per heavy atom. The SMILES string of the molecule is CC1C(C#N)CCN1c1ccc(C(F)(F)F)cc1. The van der Waals surface area contributed by atoms with Crippen LogP contribution in [0.25, 0.3) is 0 Å². The molecule has 0 radical (unpaired) electrons. The third kappa shape index (κ3) is 2.28. The number of hydrogen-bond acceptors (Lipinski definition) is 2. The molecular weight excluding hydrogens is 241 g/mol. The van der Waals surface area contributed by atoms with E-state index >= 15 is 0 Å². The highest BCUT2D eigenvalue weighted by Gasteiger charge is 2.32. The van der Waals surface area contributed by atoms with E-state index in [1.807, 2.05) is 11.8 Å². The van der Waals surface area contributed by atoms with Gasteiger partial charge < -0.3 is 4.90 Å². The van der Waals surface area contributed by atoms with Gasteiger partial charge in [0.1, 0.15) is 0 Å². The zero-order valence-electron chi connectivity index (χ0n) is 9.91. The number of anilines is 1. The summed E-state index contributed by atoms with van der Waals surface area (Å²) in [5.41, 5.74) is 0.100. The Morgan fingerprint density at radius 3 is 2.33 bits per heavy atom. The molecule has 0 spiro atoms. The lowest BCUT2D eigenvalue weighted by atomic mass is 10.0. The van der Waals surface area contributed by atoms with Gasteiger partial charge in [-0.1, -0.05) is 0 Å². The smallest absolute Gasteiger partial charge is 0.367 e. The fraction of sp³-hybridized carbons (Fsp3) is 0.462. The van der Waals surface area contributed by atoms with Gasteiger partial charge in [0, 0.05) is 18.3 Å². The van der Waals surface area contributed by atoms with E-state index in [1.165, 1.54) is 12.1 Å².